The molecule has 0 amide bonds. The summed E-state index contributed by atoms with van der Waals surface area (Å²) in [4.78, 5) is 5.69. The van der Waals surface area contributed by atoms with Crippen LogP contribution >= 0.6 is 23.4 Å². The van der Waals surface area contributed by atoms with Crippen LogP contribution in [0, 0.1) is 11.3 Å². The average Bonchev–Trinajstić information content (AvgIpc) is 2.71. The Morgan fingerprint density at radius 1 is 1.18 bits per heavy atom. The number of halogens is 1. The molecule has 1 aliphatic rings. The lowest BCUT2D eigenvalue weighted by Crippen LogP contribution is -2.06. The van der Waals surface area contributed by atoms with E-state index in [1.807, 2.05) is 24.3 Å². The van der Waals surface area contributed by atoms with E-state index in [0.29, 0.717) is 33.2 Å². The second kappa shape index (κ2) is 7.27. The Labute approximate surface area is 171 Å². The van der Waals surface area contributed by atoms with Crippen molar-refractivity contribution in [3.05, 3.63) is 52.5 Å². The highest BCUT2D eigenvalue weighted by atomic mass is 35.5. The van der Waals surface area contributed by atoms with Gasteiger partial charge in [-0.2, -0.15) is 5.26 Å². The molecule has 0 fully saturated rings. The number of aromatic hydroxyl groups is 1. The predicted octanol–water partition coefficient (Wildman–Crippen LogP) is 5.27. The highest BCUT2D eigenvalue weighted by Gasteiger charge is 2.27. The van der Waals surface area contributed by atoms with Crippen LogP contribution in [0.4, 0.5) is 0 Å². The third-order valence-electron chi connectivity index (χ3n) is 4.61. The number of nitriles is 1. The van der Waals surface area contributed by atoms with E-state index in [0.717, 1.165) is 21.7 Å². The summed E-state index contributed by atoms with van der Waals surface area (Å²) in [6, 6.07) is 13.0. The number of rotatable bonds is 3. The molecule has 2 aromatic carbocycles. The van der Waals surface area contributed by atoms with Crippen molar-refractivity contribution in [3.63, 3.8) is 0 Å². The van der Waals surface area contributed by atoms with Crippen LogP contribution < -0.4 is 9.47 Å². The van der Waals surface area contributed by atoms with Crippen LogP contribution in [0.15, 0.2) is 41.3 Å². The minimum absolute atomic E-state index is 0.000302. The summed E-state index contributed by atoms with van der Waals surface area (Å²) in [5.74, 6) is 1.24. The molecule has 0 saturated carbocycles. The standard InChI is InChI=1S/C21H15ClN2O3S/c1-26-17-5-3-11(7-16(17)25)19-14(9-23)21(27-2)24-20-13-8-12(22)4-6-18(13)28-10-15(19)20/h3-8,25H,10H2,1-2H3. The quantitative estimate of drug-likeness (QED) is 0.634. The van der Waals surface area contributed by atoms with E-state index in [1.54, 1.807) is 23.9 Å². The molecule has 4 rings (SSSR count). The summed E-state index contributed by atoms with van der Waals surface area (Å²) in [5.41, 5.74) is 4.26. The van der Waals surface area contributed by atoms with Gasteiger partial charge in [-0.05, 0) is 41.5 Å². The van der Waals surface area contributed by atoms with E-state index < -0.39 is 0 Å². The number of pyridine rings is 1. The number of methoxy groups -OCH3 is 2. The van der Waals surface area contributed by atoms with Crippen LogP contribution in [0.25, 0.3) is 22.4 Å². The van der Waals surface area contributed by atoms with Gasteiger partial charge in [-0.15, -0.1) is 11.8 Å². The molecular formula is C21H15ClN2O3S. The van der Waals surface area contributed by atoms with Crippen LogP contribution in [0.5, 0.6) is 17.4 Å². The number of hydrogen-bond acceptors (Lipinski definition) is 6. The maximum absolute atomic E-state index is 10.3. The molecule has 2 heterocycles. The molecule has 1 aromatic heterocycles. The first kappa shape index (κ1) is 18.5. The van der Waals surface area contributed by atoms with Gasteiger partial charge in [0.2, 0.25) is 5.88 Å². The second-order valence-corrected chi connectivity index (χ2v) is 7.58. The van der Waals surface area contributed by atoms with Crippen LogP contribution in [0.2, 0.25) is 5.02 Å². The summed E-state index contributed by atoms with van der Waals surface area (Å²) in [7, 11) is 2.98. The van der Waals surface area contributed by atoms with Crippen LogP contribution in [0.1, 0.15) is 11.1 Å². The van der Waals surface area contributed by atoms with Crippen molar-refractivity contribution < 1.29 is 14.6 Å². The number of phenols is 1. The highest BCUT2D eigenvalue weighted by Crippen LogP contribution is 2.48. The third-order valence-corrected chi connectivity index (χ3v) is 5.94. The van der Waals surface area contributed by atoms with Gasteiger partial charge >= 0.3 is 0 Å². The minimum atomic E-state index is 0.000302. The summed E-state index contributed by atoms with van der Waals surface area (Å²) >= 11 is 7.88. The highest BCUT2D eigenvalue weighted by molar-refractivity contribution is 7.98. The zero-order valence-electron chi connectivity index (χ0n) is 15.1. The maximum atomic E-state index is 10.3. The molecular weight excluding hydrogens is 396 g/mol. The monoisotopic (exact) mass is 410 g/mol. The van der Waals surface area contributed by atoms with E-state index in [9.17, 15) is 10.4 Å². The van der Waals surface area contributed by atoms with Gasteiger partial charge in [-0.3, -0.25) is 0 Å². The van der Waals surface area contributed by atoms with Crippen molar-refractivity contribution in [1.29, 1.82) is 5.26 Å². The number of phenolic OH excluding ortho intramolecular Hbond substituents is 1. The molecule has 1 aliphatic heterocycles. The van der Waals surface area contributed by atoms with E-state index in [2.05, 4.69) is 11.1 Å². The molecule has 3 aromatic rings. The SMILES string of the molecule is COc1ccc(-c2c(C#N)c(OC)nc3c2CSc2ccc(Cl)cc2-3)cc1O. The molecule has 28 heavy (non-hydrogen) atoms. The fourth-order valence-corrected chi connectivity index (χ4v) is 4.57. The van der Waals surface area contributed by atoms with Gasteiger partial charge in [-0.25, -0.2) is 4.98 Å². The van der Waals surface area contributed by atoms with Crippen molar-refractivity contribution in [3.8, 4) is 45.8 Å². The van der Waals surface area contributed by atoms with Crippen molar-refractivity contribution in [1.82, 2.24) is 4.98 Å². The molecule has 5 nitrogen and oxygen atoms in total. The Morgan fingerprint density at radius 2 is 2.00 bits per heavy atom. The zero-order chi connectivity index (χ0) is 19.8. The normalized spacial score (nSPS) is 11.9. The summed E-state index contributed by atoms with van der Waals surface area (Å²) in [6.07, 6.45) is 0. The first-order chi connectivity index (χ1) is 13.6. The Bertz CT molecular complexity index is 1140. The first-order valence-electron chi connectivity index (χ1n) is 8.38. The predicted molar refractivity (Wildman–Crippen MR) is 109 cm³/mol. The number of nitrogens with zero attached hydrogens (tertiary/aromatic N) is 2. The van der Waals surface area contributed by atoms with Gasteiger partial charge in [-0.1, -0.05) is 17.7 Å². The molecule has 1 N–H and O–H groups in total. The van der Waals surface area contributed by atoms with Crippen molar-refractivity contribution in [2.75, 3.05) is 14.2 Å². The summed E-state index contributed by atoms with van der Waals surface area (Å²) in [5, 5.41) is 20.7. The smallest absolute Gasteiger partial charge is 0.232 e. The number of benzene rings is 2. The van der Waals surface area contributed by atoms with Gasteiger partial charge < -0.3 is 14.6 Å². The Balaban J connectivity index is 2.05. The fraction of sp³-hybridized carbons (Fsp3) is 0.143. The average molecular weight is 411 g/mol. The Morgan fingerprint density at radius 3 is 2.68 bits per heavy atom. The lowest BCUT2D eigenvalue weighted by molar-refractivity contribution is 0.373. The van der Waals surface area contributed by atoms with Crippen molar-refractivity contribution in [2.24, 2.45) is 0 Å². The molecule has 0 aliphatic carbocycles. The minimum Gasteiger partial charge on any atom is -0.504 e. The number of thioether (sulfide) groups is 1. The van der Waals surface area contributed by atoms with Gasteiger partial charge in [0.1, 0.15) is 11.6 Å². The number of aromatic nitrogens is 1. The molecule has 7 heteroatoms. The number of hydrogen-bond donors (Lipinski definition) is 1. The Kier molecular flexibility index (Phi) is 4.80. The lowest BCUT2D eigenvalue weighted by atomic mass is 9.92. The molecule has 0 spiro atoms. The molecule has 0 radical (unpaired) electrons. The van der Waals surface area contributed by atoms with E-state index >= 15 is 0 Å². The van der Waals surface area contributed by atoms with Crippen LogP contribution in [0.3, 0.4) is 0 Å². The topological polar surface area (TPSA) is 75.4 Å². The number of fused-ring (bicyclic) bond motifs is 3. The molecule has 0 saturated heterocycles. The van der Waals surface area contributed by atoms with Gasteiger partial charge in [0, 0.05) is 26.8 Å². The zero-order valence-corrected chi connectivity index (χ0v) is 16.7. The van der Waals surface area contributed by atoms with Crippen molar-refractivity contribution >= 4 is 23.4 Å². The van der Waals surface area contributed by atoms with E-state index in [4.69, 9.17) is 21.1 Å². The van der Waals surface area contributed by atoms with Gasteiger partial charge in [0.25, 0.3) is 0 Å². The Hall–Kier alpha value is -2.88. The van der Waals surface area contributed by atoms with Crippen molar-refractivity contribution in [2.45, 2.75) is 10.6 Å². The maximum Gasteiger partial charge on any atom is 0.232 e. The molecule has 0 atom stereocenters. The molecule has 0 bridgehead atoms. The number of ether oxygens (including phenoxy) is 2. The van der Waals surface area contributed by atoms with Crippen LogP contribution in [-0.2, 0) is 5.75 Å². The summed E-state index contributed by atoms with van der Waals surface area (Å²) < 4.78 is 10.6. The molecule has 0 unspecified atom stereocenters. The van der Waals surface area contributed by atoms with E-state index in [-0.39, 0.29) is 11.6 Å². The van der Waals surface area contributed by atoms with Crippen LogP contribution in [-0.4, -0.2) is 24.3 Å². The largest absolute Gasteiger partial charge is 0.504 e. The molecule has 140 valence electrons. The first-order valence-corrected chi connectivity index (χ1v) is 9.74. The lowest BCUT2D eigenvalue weighted by Gasteiger charge is -2.23. The second-order valence-electron chi connectivity index (χ2n) is 6.13. The van der Waals surface area contributed by atoms with Gasteiger partial charge in [0.05, 0.1) is 19.9 Å². The summed E-state index contributed by atoms with van der Waals surface area (Å²) in [6.45, 7) is 0. The van der Waals surface area contributed by atoms with Gasteiger partial charge in [0.15, 0.2) is 11.5 Å². The van der Waals surface area contributed by atoms with E-state index in [1.165, 1.54) is 14.2 Å². The third kappa shape index (κ3) is 2.93. The fourth-order valence-electron chi connectivity index (χ4n) is 3.34.